The van der Waals surface area contributed by atoms with E-state index in [4.69, 9.17) is 0 Å². The van der Waals surface area contributed by atoms with E-state index >= 15 is 0 Å². The summed E-state index contributed by atoms with van der Waals surface area (Å²) in [5, 5.41) is 22.6. The zero-order valence-electron chi connectivity index (χ0n) is 23.1. The highest BCUT2D eigenvalue weighted by Crippen LogP contribution is 2.36. The summed E-state index contributed by atoms with van der Waals surface area (Å²) in [6.07, 6.45) is 14.5. The fraction of sp³-hybridized carbons (Fsp3) is 0.529. The molecule has 0 radical (unpaired) electrons. The van der Waals surface area contributed by atoms with Gasteiger partial charge in [-0.15, -0.1) is 11.3 Å². The van der Waals surface area contributed by atoms with Crippen LogP contribution in [0.5, 0.6) is 0 Å². The molecule has 0 saturated heterocycles. The van der Waals surface area contributed by atoms with Gasteiger partial charge in [0.15, 0.2) is 0 Å². The van der Waals surface area contributed by atoms with Crippen LogP contribution in [0.25, 0.3) is 21.6 Å². The van der Waals surface area contributed by atoms with Crippen molar-refractivity contribution in [3.8, 4) is 21.6 Å². The molecule has 3 heteroatoms. The van der Waals surface area contributed by atoms with Gasteiger partial charge >= 0.3 is 0 Å². The summed E-state index contributed by atoms with van der Waals surface area (Å²) in [5.41, 5.74) is 6.82. The molecular weight excluding hydrogens is 472 g/mol. The summed E-state index contributed by atoms with van der Waals surface area (Å²) in [6.45, 7) is 4.36. The molecule has 1 heterocycles. The summed E-state index contributed by atoms with van der Waals surface area (Å²) in [7, 11) is 0. The number of rotatable bonds is 18. The number of aliphatic hydroxyl groups is 2. The van der Waals surface area contributed by atoms with Gasteiger partial charge in [-0.2, -0.15) is 0 Å². The fourth-order valence-electron chi connectivity index (χ4n) is 5.18. The summed E-state index contributed by atoms with van der Waals surface area (Å²) < 4.78 is 0. The van der Waals surface area contributed by atoms with E-state index in [2.05, 4.69) is 73.8 Å². The standard InChI is InChI=1S/C34H48O2S/c1-3-5-19-30(35)21-11-7-15-27-16-9-13-23-32(27)29-25-34(37-26-29)33-24-14-10-18-28(33)17-8-12-22-31(36)20-6-4-2/h9-10,13-14,16,18,23-26,30-31,35-36H,3-8,11-12,15,17,19-22H2,1-2H3. The molecule has 2 unspecified atom stereocenters. The van der Waals surface area contributed by atoms with Gasteiger partial charge in [-0.05, 0) is 90.6 Å². The van der Waals surface area contributed by atoms with Crippen molar-refractivity contribution in [2.75, 3.05) is 0 Å². The average Bonchev–Trinajstić information content (AvgIpc) is 3.41. The van der Waals surface area contributed by atoms with Gasteiger partial charge in [0.25, 0.3) is 0 Å². The van der Waals surface area contributed by atoms with E-state index in [1.807, 2.05) is 11.3 Å². The van der Waals surface area contributed by atoms with E-state index in [0.717, 1.165) is 89.9 Å². The normalized spacial score (nSPS) is 13.1. The monoisotopic (exact) mass is 520 g/mol. The number of aliphatic hydroxyl groups excluding tert-OH is 2. The van der Waals surface area contributed by atoms with Crippen LogP contribution in [0.3, 0.4) is 0 Å². The fourth-order valence-corrected chi connectivity index (χ4v) is 6.15. The molecule has 3 rings (SSSR count). The van der Waals surface area contributed by atoms with Gasteiger partial charge in [0.05, 0.1) is 12.2 Å². The maximum atomic E-state index is 10.2. The zero-order valence-corrected chi connectivity index (χ0v) is 23.9. The van der Waals surface area contributed by atoms with E-state index in [9.17, 15) is 10.2 Å². The first-order valence-electron chi connectivity index (χ1n) is 14.7. The zero-order chi connectivity index (χ0) is 26.3. The summed E-state index contributed by atoms with van der Waals surface area (Å²) in [6, 6.07) is 20.0. The van der Waals surface area contributed by atoms with E-state index in [1.165, 1.54) is 32.7 Å². The van der Waals surface area contributed by atoms with Crippen LogP contribution in [0.1, 0.15) is 102 Å². The lowest BCUT2D eigenvalue weighted by Crippen LogP contribution is -2.06. The maximum absolute atomic E-state index is 10.2. The molecule has 0 aliphatic heterocycles. The number of unbranched alkanes of at least 4 members (excludes halogenated alkanes) is 4. The van der Waals surface area contributed by atoms with Crippen LogP contribution in [-0.2, 0) is 12.8 Å². The molecule has 0 aliphatic rings. The first kappa shape index (κ1) is 29.6. The predicted octanol–water partition coefficient (Wildman–Crippen LogP) is 9.61. The molecule has 0 saturated carbocycles. The van der Waals surface area contributed by atoms with Crippen LogP contribution >= 0.6 is 11.3 Å². The average molecular weight is 521 g/mol. The molecule has 2 aromatic carbocycles. The predicted molar refractivity (Wildman–Crippen MR) is 161 cm³/mol. The molecule has 3 aromatic rings. The van der Waals surface area contributed by atoms with Gasteiger partial charge in [-0.3, -0.25) is 0 Å². The van der Waals surface area contributed by atoms with Gasteiger partial charge in [0, 0.05) is 4.88 Å². The number of thiophene rings is 1. The highest BCUT2D eigenvalue weighted by molar-refractivity contribution is 7.14. The SMILES string of the molecule is CCCCC(O)CCCCc1ccccc1-c1csc(-c2ccccc2CCCCC(O)CCCC)c1. The van der Waals surface area contributed by atoms with Crippen LogP contribution < -0.4 is 0 Å². The molecule has 2 nitrogen and oxygen atoms in total. The van der Waals surface area contributed by atoms with Gasteiger partial charge in [-0.1, -0.05) is 101 Å². The van der Waals surface area contributed by atoms with Crippen molar-refractivity contribution in [3.05, 3.63) is 71.1 Å². The molecule has 0 bridgehead atoms. The highest BCUT2D eigenvalue weighted by atomic mass is 32.1. The van der Waals surface area contributed by atoms with Crippen molar-refractivity contribution in [1.82, 2.24) is 0 Å². The maximum Gasteiger partial charge on any atom is 0.0540 e. The van der Waals surface area contributed by atoms with Gasteiger partial charge in [-0.25, -0.2) is 0 Å². The van der Waals surface area contributed by atoms with E-state index in [1.54, 1.807) is 0 Å². The molecule has 2 N–H and O–H groups in total. The molecule has 2 atom stereocenters. The van der Waals surface area contributed by atoms with E-state index in [-0.39, 0.29) is 12.2 Å². The van der Waals surface area contributed by atoms with Crippen molar-refractivity contribution in [2.45, 2.75) is 116 Å². The first-order chi connectivity index (χ1) is 18.1. The first-order valence-corrected chi connectivity index (χ1v) is 15.6. The number of hydrogen-bond acceptors (Lipinski definition) is 3. The molecule has 37 heavy (non-hydrogen) atoms. The Balaban J connectivity index is 1.59. The Kier molecular flexibility index (Phi) is 13.5. The third kappa shape index (κ3) is 10.0. The smallest absolute Gasteiger partial charge is 0.0540 e. The minimum absolute atomic E-state index is 0.138. The topological polar surface area (TPSA) is 40.5 Å². The van der Waals surface area contributed by atoms with Crippen molar-refractivity contribution in [3.63, 3.8) is 0 Å². The Morgan fingerprint density at radius 2 is 1.11 bits per heavy atom. The van der Waals surface area contributed by atoms with Crippen LogP contribution in [0.15, 0.2) is 60.0 Å². The lowest BCUT2D eigenvalue weighted by atomic mass is 9.95. The Morgan fingerprint density at radius 3 is 1.68 bits per heavy atom. The Hall–Kier alpha value is -1.94. The van der Waals surface area contributed by atoms with E-state index < -0.39 is 0 Å². The van der Waals surface area contributed by atoms with Crippen LogP contribution in [0.2, 0.25) is 0 Å². The second kappa shape index (κ2) is 16.8. The third-order valence-corrected chi connectivity index (χ3v) is 8.42. The number of benzene rings is 2. The molecule has 0 amide bonds. The van der Waals surface area contributed by atoms with Gasteiger partial charge in [0.1, 0.15) is 0 Å². The minimum atomic E-state index is -0.138. The molecule has 202 valence electrons. The van der Waals surface area contributed by atoms with Crippen molar-refractivity contribution >= 4 is 11.3 Å². The summed E-state index contributed by atoms with van der Waals surface area (Å²) >= 11 is 1.84. The number of aryl methyl sites for hydroxylation is 2. The van der Waals surface area contributed by atoms with Crippen LogP contribution in [0, 0.1) is 0 Å². The summed E-state index contributed by atoms with van der Waals surface area (Å²) in [4.78, 5) is 1.34. The molecule has 0 aliphatic carbocycles. The Labute approximate surface area is 229 Å². The Morgan fingerprint density at radius 1 is 0.622 bits per heavy atom. The van der Waals surface area contributed by atoms with Crippen LogP contribution in [0.4, 0.5) is 0 Å². The third-order valence-electron chi connectivity index (χ3n) is 7.46. The second-order valence-electron chi connectivity index (χ2n) is 10.6. The molecular formula is C34H48O2S. The van der Waals surface area contributed by atoms with Gasteiger partial charge < -0.3 is 10.2 Å². The second-order valence-corrected chi connectivity index (χ2v) is 11.5. The van der Waals surface area contributed by atoms with Crippen molar-refractivity contribution in [1.29, 1.82) is 0 Å². The Bertz CT molecular complexity index is 944. The molecule has 1 aromatic heterocycles. The highest BCUT2D eigenvalue weighted by Gasteiger charge is 2.12. The summed E-state index contributed by atoms with van der Waals surface area (Å²) in [5.74, 6) is 0. The molecule has 0 fully saturated rings. The van der Waals surface area contributed by atoms with Crippen molar-refractivity contribution < 1.29 is 10.2 Å². The lowest BCUT2D eigenvalue weighted by molar-refractivity contribution is 0.148. The lowest BCUT2D eigenvalue weighted by Gasteiger charge is -2.11. The molecule has 0 spiro atoms. The largest absolute Gasteiger partial charge is 0.393 e. The van der Waals surface area contributed by atoms with E-state index in [0.29, 0.717) is 0 Å². The van der Waals surface area contributed by atoms with Crippen molar-refractivity contribution in [2.24, 2.45) is 0 Å². The van der Waals surface area contributed by atoms with Crippen LogP contribution in [-0.4, -0.2) is 22.4 Å². The minimum Gasteiger partial charge on any atom is -0.393 e. The number of hydrogen-bond donors (Lipinski definition) is 2. The van der Waals surface area contributed by atoms with Gasteiger partial charge in [0.2, 0.25) is 0 Å². The quantitative estimate of drug-likeness (QED) is 0.164.